The number of piperidine rings is 1. The summed E-state index contributed by atoms with van der Waals surface area (Å²) in [7, 11) is 0. The molecule has 1 saturated heterocycles. The maximum absolute atomic E-state index is 12.4. The van der Waals surface area contributed by atoms with Crippen molar-refractivity contribution >= 4 is 16.9 Å². The molecule has 5 heteroatoms. The van der Waals surface area contributed by atoms with Crippen LogP contribution in [-0.2, 0) is 16.1 Å². The van der Waals surface area contributed by atoms with Gasteiger partial charge < -0.3 is 19.9 Å². The summed E-state index contributed by atoms with van der Waals surface area (Å²) in [5, 5.41) is 1.21. The number of nitrogens with zero attached hydrogens (tertiary/aromatic N) is 2. The lowest BCUT2D eigenvalue weighted by atomic mass is 9.79. The smallest absolute Gasteiger partial charge is 0.323 e. The van der Waals surface area contributed by atoms with Crippen LogP contribution in [0.5, 0.6) is 0 Å². The standard InChI is InChI=1S/C28H43N3O2/c1-19(2)21-9-11-23(12-10-21)30-15-13-24(14-16-30)31-25(17-22-7-5-6-8-26(22)31)18-33-28(32)27(29)20(3)4/h5-8,17,19-21,23-24,27H,9-16,18,29H2,1-4H3. The molecule has 1 aliphatic carbocycles. The van der Waals surface area contributed by atoms with Gasteiger partial charge in [0.25, 0.3) is 0 Å². The summed E-state index contributed by atoms with van der Waals surface area (Å²) in [5.41, 5.74) is 8.33. The number of ether oxygens (including phenoxy) is 1. The second kappa shape index (κ2) is 10.6. The van der Waals surface area contributed by atoms with Crippen molar-refractivity contribution in [2.24, 2.45) is 23.5 Å². The molecule has 0 amide bonds. The number of hydrogen-bond acceptors (Lipinski definition) is 4. The molecule has 1 unspecified atom stereocenters. The average Bonchev–Trinajstić information content (AvgIpc) is 3.20. The highest BCUT2D eigenvalue weighted by atomic mass is 16.5. The first kappa shape index (κ1) is 24.3. The summed E-state index contributed by atoms with van der Waals surface area (Å²) in [5.74, 6) is 1.50. The number of likely N-dealkylation sites (tertiary alicyclic amines) is 1. The number of aromatic nitrogens is 1. The SMILES string of the molecule is CC(C)C1CCC(N2CCC(n3c(COC(=O)C(N)C(C)C)cc4ccccc43)CC2)CC1. The van der Waals surface area contributed by atoms with Crippen LogP contribution in [0.1, 0.15) is 78.0 Å². The van der Waals surface area contributed by atoms with Gasteiger partial charge in [-0.05, 0) is 73.8 Å². The molecule has 5 nitrogen and oxygen atoms in total. The zero-order chi connectivity index (χ0) is 23.5. The molecule has 1 aliphatic heterocycles. The molecule has 4 rings (SSSR count). The monoisotopic (exact) mass is 453 g/mol. The molecule has 2 heterocycles. The zero-order valence-corrected chi connectivity index (χ0v) is 21.0. The van der Waals surface area contributed by atoms with Crippen LogP contribution in [0.2, 0.25) is 0 Å². The maximum Gasteiger partial charge on any atom is 0.323 e. The topological polar surface area (TPSA) is 60.5 Å². The Balaban J connectivity index is 1.43. The molecule has 182 valence electrons. The summed E-state index contributed by atoms with van der Waals surface area (Å²) < 4.78 is 8.10. The van der Waals surface area contributed by atoms with E-state index >= 15 is 0 Å². The van der Waals surface area contributed by atoms with E-state index in [9.17, 15) is 4.79 Å². The average molecular weight is 454 g/mol. The normalized spacial score (nSPS) is 24.0. The lowest BCUT2D eigenvalue weighted by Gasteiger charge is -2.42. The summed E-state index contributed by atoms with van der Waals surface area (Å²) in [6.07, 6.45) is 7.79. The number of carbonyl (C=O) groups excluding carboxylic acids is 1. The molecule has 0 radical (unpaired) electrons. The highest BCUT2D eigenvalue weighted by Gasteiger charge is 2.31. The van der Waals surface area contributed by atoms with Crippen LogP contribution in [0.25, 0.3) is 10.9 Å². The molecule has 0 spiro atoms. The van der Waals surface area contributed by atoms with Crippen LogP contribution in [0.15, 0.2) is 30.3 Å². The molecule has 1 atom stereocenters. The molecular weight excluding hydrogens is 410 g/mol. The third-order valence-electron chi connectivity index (χ3n) is 8.25. The Morgan fingerprint density at radius 1 is 1.00 bits per heavy atom. The number of esters is 1. The predicted molar refractivity (Wildman–Crippen MR) is 135 cm³/mol. The molecule has 2 aromatic rings. The number of benzene rings is 1. The highest BCUT2D eigenvalue weighted by Crippen LogP contribution is 2.36. The maximum atomic E-state index is 12.4. The van der Waals surface area contributed by atoms with E-state index in [2.05, 4.69) is 53.6 Å². The number of para-hydroxylation sites is 1. The zero-order valence-electron chi connectivity index (χ0n) is 21.0. The molecular formula is C28H43N3O2. The lowest BCUT2D eigenvalue weighted by Crippen LogP contribution is -2.44. The molecule has 2 N–H and O–H groups in total. The summed E-state index contributed by atoms with van der Waals surface area (Å²) in [4.78, 5) is 15.1. The molecule has 1 aromatic carbocycles. The highest BCUT2D eigenvalue weighted by molar-refractivity contribution is 5.81. The van der Waals surface area contributed by atoms with Crippen molar-refractivity contribution in [1.82, 2.24) is 9.47 Å². The third-order valence-corrected chi connectivity index (χ3v) is 8.25. The van der Waals surface area contributed by atoms with Crippen LogP contribution in [-0.4, -0.2) is 40.6 Å². The van der Waals surface area contributed by atoms with E-state index in [1.54, 1.807) is 0 Å². The van der Waals surface area contributed by atoms with Gasteiger partial charge in [-0.25, -0.2) is 0 Å². The van der Waals surface area contributed by atoms with Crippen molar-refractivity contribution in [2.45, 2.75) is 91.0 Å². The Morgan fingerprint density at radius 3 is 2.30 bits per heavy atom. The number of rotatable bonds is 7. The first-order chi connectivity index (χ1) is 15.8. The van der Waals surface area contributed by atoms with Crippen molar-refractivity contribution in [2.75, 3.05) is 13.1 Å². The fourth-order valence-corrected chi connectivity index (χ4v) is 5.93. The van der Waals surface area contributed by atoms with E-state index < -0.39 is 6.04 Å². The lowest BCUT2D eigenvalue weighted by molar-refractivity contribution is -0.147. The molecule has 2 fully saturated rings. The minimum absolute atomic E-state index is 0.0725. The molecule has 1 saturated carbocycles. The van der Waals surface area contributed by atoms with Crippen molar-refractivity contribution in [3.8, 4) is 0 Å². The first-order valence-corrected chi connectivity index (χ1v) is 13.1. The van der Waals surface area contributed by atoms with Crippen molar-refractivity contribution in [3.63, 3.8) is 0 Å². The van der Waals surface area contributed by atoms with Gasteiger partial charge in [-0.1, -0.05) is 45.9 Å². The van der Waals surface area contributed by atoms with Gasteiger partial charge in [0.15, 0.2) is 0 Å². The Hall–Kier alpha value is -1.85. The second-order valence-corrected chi connectivity index (χ2v) is 11.0. The van der Waals surface area contributed by atoms with E-state index in [-0.39, 0.29) is 18.5 Å². The molecule has 2 aliphatic rings. The van der Waals surface area contributed by atoms with Crippen LogP contribution < -0.4 is 5.73 Å². The molecule has 33 heavy (non-hydrogen) atoms. The van der Waals surface area contributed by atoms with Gasteiger partial charge >= 0.3 is 5.97 Å². The largest absolute Gasteiger partial charge is 0.458 e. The minimum atomic E-state index is -0.572. The second-order valence-electron chi connectivity index (χ2n) is 11.0. The van der Waals surface area contributed by atoms with E-state index in [4.69, 9.17) is 10.5 Å². The van der Waals surface area contributed by atoms with Gasteiger partial charge in [0.2, 0.25) is 0 Å². The van der Waals surface area contributed by atoms with Crippen molar-refractivity contribution in [3.05, 3.63) is 36.0 Å². The Morgan fingerprint density at radius 2 is 1.67 bits per heavy atom. The Kier molecular flexibility index (Phi) is 7.80. The molecule has 1 aromatic heterocycles. The van der Waals surface area contributed by atoms with Gasteiger partial charge in [-0.3, -0.25) is 4.79 Å². The van der Waals surface area contributed by atoms with Gasteiger partial charge in [0.05, 0.1) is 5.69 Å². The number of carbonyl (C=O) groups is 1. The third kappa shape index (κ3) is 5.46. The summed E-state index contributed by atoms with van der Waals surface area (Å²) >= 11 is 0. The van der Waals surface area contributed by atoms with Crippen LogP contribution in [0, 0.1) is 17.8 Å². The van der Waals surface area contributed by atoms with Crippen LogP contribution in [0.3, 0.4) is 0 Å². The Labute approximate surface area is 199 Å². The van der Waals surface area contributed by atoms with Crippen molar-refractivity contribution in [1.29, 1.82) is 0 Å². The van der Waals surface area contributed by atoms with Crippen LogP contribution >= 0.6 is 0 Å². The van der Waals surface area contributed by atoms with E-state index in [1.165, 1.54) is 36.6 Å². The van der Waals surface area contributed by atoms with E-state index in [1.807, 2.05) is 13.8 Å². The first-order valence-electron chi connectivity index (χ1n) is 13.1. The van der Waals surface area contributed by atoms with Crippen molar-refractivity contribution < 1.29 is 9.53 Å². The van der Waals surface area contributed by atoms with E-state index in [0.717, 1.165) is 49.5 Å². The minimum Gasteiger partial charge on any atom is -0.458 e. The van der Waals surface area contributed by atoms with Crippen LogP contribution in [0.4, 0.5) is 0 Å². The van der Waals surface area contributed by atoms with Gasteiger partial charge in [0, 0.05) is 30.7 Å². The number of hydrogen-bond donors (Lipinski definition) is 1. The predicted octanol–water partition coefficient (Wildman–Crippen LogP) is 5.52. The van der Waals surface area contributed by atoms with Gasteiger partial charge in [0.1, 0.15) is 12.6 Å². The van der Waals surface area contributed by atoms with Gasteiger partial charge in [-0.15, -0.1) is 0 Å². The Bertz CT molecular complexity index is 918. The molecule has 0 bridgehead atoms. The number of nitrogens with two attached hydrogens (primary N) is 1. The summed E-state index contributed by atoms with van der Waals surface area (Å²) in [6.45, 7) is 11.3. The summed E-state index contributed by atoms with van der Waals surface area (Å²) in [6, 6.07) is 11.3. The number of fused-ring (bicyclic) bond motifs is 1. The quantitative estimate of drug-likeness (QED) is 0.561. The fraction of sp³-hybridized carbons (Fsp3) is 0.679. The van der Waals surface area contributed by atoms with E-state index in [0.29, 0.717) is 6.04 Å². The fourth-order valence-electron chi connectivity index (χ4n) is 5.93. The van der Waals surface area contributed by atoms with Gasteiger partial charge in [-0.2, -0.15) is 0 Å².